The summed E-state index contributed by atoms with van der Waals surface area (Å²) in [6.45, 7) is 5.64. The van der Waals surface area contributed by atoms with Crippen molar-refractivity contribution < 1.29 is 8.42 Å². The fourth-order valence-corrected chi connectivity index (χ4v) is 2.60. The smallest absolute Gasteiger partial charge is 0.232 e. The van der Waals surface area contributed by atoms with Crippen molar-refractivity contribution in [2.24, 2.45) is 5.73 Å². The van der Waals surface area contributed by atoms with Crippen LogP contribution in [-0.2, 0) is 15.6 Å². The van der Waals surface area contributed by atoms with E-state index in [1.54, 1.807) is 12.1 Å². The average molecular weight is 256 g/mol. The third kappa shape index (κ3) is 4.36. The Kier molecular flexibility index (Phi) is 4.16. The van der Waals surface area contributed by atoms with Gasteiger partial charge in [0.25, 0.3) is 0 Å². The molecule has 3 N–H and O–H groups in total. The van der Waals surface area contributed by atoms with Crippen LogP contribution in [0.2, 0.25) is 0 Å². The number of rotatable bonds is 5. The van der Waals surface area contributed by atoms with Crippen molar-refractivity contribution in [2.75, 3.05) is 10.5 Å². The van der Waals surface area contributed by atoms with E-state index in [2.05, 4.69) is 4.72 Å². The maximum Gasteiger partial charge on any atom is 0.232 e. The van der Waals surface area contributed by atoms with Gasteiger partial charge in [-0.1, -0.05) is 19.1 Å². The van der Waals surface area contributed by atoms with E-state index in [1.807, 2.05) is 32.9 Å². The lowest BCUT2D eigenvalue weighted by Gasteiger charge is -2.19. The Bertz CT molecular complexity index is 458. The van der Waals surface area contributed by atoms with E-state index in [4.69, 9.17) is 5.73 Å². The standard InChI is InChI=1S/C12H20N2O2S/c1-4-9-17(15,16)14-11-7-5-10(6-8-11)12(2,3)13/h5-8,14H,4,9,13H2,1-3H3. The van der Waals surface area contributed by atoms with Crippen LogP contribution < -0.4 is 10.5 Å². The number of benzene rings is 1. The van der Waals surface area contributed by atoms with Gasteiger partial charge < -0.3 is 5.73 Å². The Morgan fingerprint density at radius 2 is 1.76 bits per heavy atom. The molecule has 1 aromatic carbocycles. The lowest BCUT2D eigenvalue weighted by atomic mass is 9.96. The summed E-state index contributed by atoms with van der Waals surface area (Å²) in [5, 5.41) is 0. The molecule has 0 saturated carbocycles. The largest absolute Gasteiger partial charge is 0.322 e. The molecule has 96 valence electrons. The van der Waals surface area contributed by atoms with Crippen LogP contribution in [0.25, 0.3) is 0 Å². The number of hydrogen-bond acceptors (Lipinski definition) is 3. The molecule has 0 aliphatic carbocycles. The molecule has 17 heavy (non-hydrogen) atoms. The topological polar surface area (TPSA) is 72.2 Å². The molecule has 0 spiro atoms. The molecule has 0 aliphatic rings. The van der Waals surface area contributed by atoms with E-state index in [1.165, 1.54) is 0 Å². The zero-order chi connectivity index (χ0) is 13.1. The lowest BCUT2D eigenvalue weighted by Crippen LogP contribution is -2.28. The summed E-state index contributed by atoms with van der Waals surface area (Å²) in [4.78, 5) is 0. The van der Waals surface area contributed by atoms with Gasteiger partial charge in [0, 0.05) is 11.2 Å². The predicted molar refractivity (Wildman–Crippen MR) is 71.4 cm³/mol. The van der Waals surface area contributed by atoms with Gasteiger partial charge in [0.05, 0.1) is 5.75 Å². The van der Waals surface area contributed by atoms with Crippen molar-refractivity contribution >= 4 is 15.7 Å². The number of nitrogens with two attached hydrogens (primary N) is 1. The maximum atomic E-state index is 11.5. The number of hydrogen-bond donors (Lipinski definition) is 2. The van der Waals surface area contributed by atoms with Crippen molar-refractivity contribution in [3.05, 3.63) is 29.8 Å². The molecule has 0 amide bonds. The Labute approximate surface area is 103 Å². The van der Waals surface area contributed by atoms with Gasteiger partial charge in [-0.2, -0.15) is 0 Å². The highest BCUT2D eigenvalue weighted by Gasteiger charge is 2.14. The van der Waals surface area contributed by atoms with Gasteiger partial charge in [-0.05, 0) is 38.0 Å². The SMILES string of the molecule is CCCS(=O)(=O)Nc1ccc(C(C)(C)N)cc1. The minimum absolute atomic E-state index is 0.136. The predicted octanol–water partition coefficient (Wildman–Crippen LogP) is 2.03. The summed E-state index contributed by atoms with van der Waals surface area (Å²) in [5.74, 6) is 0.136. The molecule has 0 radical (unpaired) electrons. The molecule has 0 atom stereocenters. The van der Waals surface area contributed by atoms with Crippen LogP contribution in [-0.4, -0.2) is 14.2 Å². The van der Waals surface area contributed by atoms with Crippen molar-refractivity contribution in [3.8, 4) is 0 Å². The summed E-state index contributed by atoms with van der Waals surface area (Å²) < 4.78 is 25.6. The molecule has 1 rings (SSSR count). The number of sulfonamides is 1. The Morgan fingerprint density at radius 1 is 1.24 bits per heavy atom. The average Bonchev–Trinajstić information content (AvgIpc) is 2.16. The van der Waals surface area contributed by atoms with Crippen molar-refractivity contribution in [3.63, 3.8) is 0 Å². The molecular weight excluding hydrogens is 236 g/mol. The molecule has 4 nitrogen and oxygen atoms in total. The van der Waals surface area contributed by atoms with Crippen LogP contribution in [0.1, 0.15) is 32.8 Å². The molecule has 1 aromatic rings. The summed E-state index contributed by atoms with van der Waals surface area (Å²) >= 11 is 0. The first-order valence-electron chi connectivity index (χ1n) is 5.64. The van der Waals surface area contributed by atoms with Crippen molar-refractivity contribution in [2.45, 2.75) is 32.7 Å². The van der Waals surface area contributed by atoms with Crippen molar-refractivity contribution in [1.82, 2.24) is 0 Å². The molecule has 0 aliphatic heterocycles. The Morgan fingerprint density at radius 3 is 2.18 bits per heavy atom. The zero-order valence-electron chi connectivity index (χ0n) is 10.5. The van der Waals surface area contributed by atoms with Crippen LogP contribution in [0.3, 0.4) is 0 Å². The minimum atomic E-state index is -3.21. The molecule has 0 heterocycles. The molecule has 0 unspecified atom stereocenters. The fraction of sp³-hybridized carbons (Fsp3) is 0.500. The maximum absolute atomic E-state index is 11.5. The molecule has 0 saturated heterocycles. The molecule has 0 aromatic heterocycles. The summed E-state index contributed by atoms with van der Waals surface area (Å²) in [7, 11) is -3.21. The number of nitrogens with one attached hydrogen (secondary N) is 1. The second kappa shape index (κ2) is 5.06. The van der Waals surface area contributed by atoms with Crippen molar-refractivity contribution in [1.29, 1.82) is 0 Å². The Hall–Kier alpha value is -1.07. The van der Waals surface area contributed by atoms with E-state index in [0.29, 0.717) is 12.1 Å². The molecule has 5 heteroatoms. The van der Waals surface area contributed by atoms with Gasteiger partial charge >= 0.3 is 0 Å². The summed E-state index contributed by atoms with van der Waals surface area (Å²) in [5.41, 5.74) is 7.07. The highest BCUT2D eigenvalue weighted by Crippen LogP contribution is 2.19. The van der Waals surface area contributed by atoms with E-state index in [9.17, 15) is 8.42 Å². The first kappa shape index (κ1) is 14.0. The molecule has 0 fully saturated rings. The van der Waals surface area contributed by atoms with Gasteiger partial charge in [0.15, 0.2) is 0 Å². The van der Waals surface area contributed by atoms with Gasteiger partial charge in [-0.3, -0.25) is 4.72 Å². The monoisotopic (exact) mass is 256 g/mol. The van der Waals surface area contributed by atoms with Gasteiger partial charge in [-0.25, -0.2) is 8.42 Å². The first-order chi connectivity index (χ1) is 7.74. The van der Waals surface area contributed by atoms with E-state index >= 15 is 0 Å². The summed E-state index contributed by atoms with van der Waals surface area (Å²) in [6, 6.07) is 7.14. The second-order valence-corrected chi connectivity index (χ2v) is 6.56. The van der Waals surface area contributed by atoms with Gasteiger partial charge in [0.1, 0.15) is 0 Å². The van der Waals surface area contributed by atoms with Gasteiger partial charge in [-0.15, -0.1) is 0 Å². The van der Waals surface area contributed by atoms with Gasteiger partial charge in [0.2, 0.25) is 10.0 Å². The van der Waals surface area contributed by atoms with E-state index in [0.717, 1.165) is 5.56 Å². The van der Waals surface area contributed by atoms with E-state index in [-0.39, 0.29) is 5.75 Å². The highest BCUT2D eigenvalue weighted by molar-refractivity contribution is 7.92. The van der Waals surface area contributed by atoms with Crippen LogP contribution in [0.4, 0.5) is 5.69 Å². The molecule has 0 bridgehead atoms. The van der Waals surface area contributed by atoms with Crippen LogP contribution in [0.15, 0.2) is 24.3 Å². The van der Waals surface area contributed by atoms with E-state index < -0.39 is 15.6 Å². The van der Waals surface area contributed by atoms with Crippen LogP contribution in [0.5, 0.6) is 0 Å². The summed E-state index contributed by atoms with van der Waals surface area (Å²) in [6.07, 6.45) is 0.600. The third-order valence-electron chi connectivity index (χ3n) is 2.38. The quantitative estimate of drug-likeness (QED) is 0.846. The minimum Gasteiger partial charge on any atom is -0.322 e. The first-order valence-corrected chi connectivity index (χ1v) is 7.30. The zero-order valence-corrected chi connectivity index (χ0v) is 11.3. The van der Waals surface area contributed by atoms with Crippen LogP contribution in [0, 0.1) is 0 Å². The Balaban J connectivity index is 2.83. The van der Waals surface area contributed by atoms with Crippen LogP contribution >= 0.6 is 0 Å². The lowest BCUT2D eigenvalue weighted by molar-refractivity contribution is 0.554. The fourth-order valence-electron chi connectivity index (χ4n) is 1.47. The normalized spacial score (nSPS) is 12.5. The molecular formula is C12H20N2O2S. The highest BCUT2D eigenvalue weighted by atomic mass is 32.2. The number of anilines is 1. The second-order valence-electron chi connectivity index (χ2n) is 4.72. The third-order valence-corrected chi connectivity index (χ3v) is 3.87.